The zero-order valence-electron chi connectivity index (χ0n) is 14.8. The zero-order valence-corrected chi connectivity index (χ0v) is 14.8. The summed E-state index contributed by atoms with van der Waals surface area (Å²) in [5, 5.41) is 14.8. The molecule has 0 spiro atoms. The molecule has 0 aliphatic carbocycles. The number of nitro groups is 1. The third-order valence-corrected chi connectivity index (χ3v) is 4.79. The van der Waals surface area contributed by atoms with Crippen molar-refractivity contribution in [3.63, 3.8) is 0 Å². The molecule has 3 rings (SSSR count). The molecule has 8 nitrogen and oxygen atoms in total. The van der Waals surface area contributed by atoms with Crippen LogP contribution < -0.4 is 5.32 Å². The number of nitro benzene ring substituents is 1. The van der Waals surface area contributed by atoms with E-state index in [9.17, 15) is 14.9 Å². The van der Waals surface area contributed by atoms with Crippen molar-refractivity contribution in [2.75, 3.05) is 26.2 Å². The quantitative estimate of drug-likeness (QED) is 0.632. The van der Waals surface area contributed by atoms with Crippen molar-refractivity contribution < 1.29 is 9.72 Å². The molecule has 1 aliphatic rings. The zero-order chi connectivity index (χ0) is 18.5. The Morgan fingerprint density at radius 2 is 2.15 bits per heavy atom. The summed E-state index contributed by atoms with van der Waals surface area (Å²) < 4.78 is 1.57. The fourth-order valence-electron chi connectivity index (χ4n) is 3.29. The number of amides is 1. The molecule has 1 aliphatic heterocycles. The average Bonchev–Trinajstić information content (AvgIpc) is 3.20. The van der Waals surface area contributed by atoms with E-state index in [2.05, 4.69) is 17.2 Å². The summed E-state index contributed by atoms with van der Waals surface area (Å²) in [6, 6.07) is 4.61. The van der Waals surface area contributed by atoms with Crippen LogP contribution in [0.5, 0.6) is 0 Å². The number of benzene rings is 1. The van der Waals surface area contributed by atoms with E-state index in [0.29, 0.717) is 30.3 Å². The van der Waals surface area contributed by atoms with Crippen molar-refractivity contribution in [1.82, 2.24) is 19.8 Å². The molecular weight excluding hydrogens is 334 g/mol. The molecule has 0 saturated carbocycles. The molecule has 1 N–H and O–H groups in total. The number of imidazole rings is 1. The number of aromatic nitrogens is 2. The molecule has 0 bridgehead atoms. The molecule has 138 valence electrons. The van der Waals surface area contributed by atoms with Crippen LogP contribution in [0.25, 0.3) is 5.69 Å². The molecular formula is C18H23N5O3. The van der Waals surface area contributed by atoms with Gasteiger partial charge in [0.1, 0.15) is 5.69 Å². The normalized spacial score (nSPS) is 15.2. The highest BCUT2D eigenvalue weighted by atomic mass is 16.6. The molecule has 0 radical (unpaired) electrons. The monoisotopic (exact) mass is 357 g/mol. The smallest absolute Gasteiger partial charge is 0.294 e. The Balaban J connectivity index is 1.74. The second-order valence-electron chi connectivity index (χ2n) is 6.47. The van der Waals surface area contributed by atoms with Crippen LogP contribution in [0.1, 0.15) is 30.1 Å². The maximum atomic E-state index is 12.8. The molecule has 1 saturated heterocycles. The first-order valence-corrected chi connectivity index (χ1v) is 8.87. The molecule has 2 aromatic rings. The van der Waals surface area contributed by atoms with Crippen LogP contribution in [0.3, 0.4) is 0 Å². The van der Waals surface area contributed by atoms with Gasteiger partial charge in [-0.3, -0.25) is 14.9 Å². The fraction of sp³-hybridized carbons (Fsp3) is 0.444. The first-order valence-electron chi connectivity index (χ1n) is 8.87. The topological polar surface area (TPSA) is 93.3 Å². The Bertz CT molecular complexity index is 767. The van der Waals surface area contributed by atoms with Gasteiger partial charge >= 0.3 is 0 Å². The highest BCUT2D eigenvalue weighted by Crippen LogP contribution is 2.26. The summed E-state index contributed by atoms with van der Waals surface area (Å²) in [7, 11) is 0. The van der Waals surface area contributed by atoms with Crippen LogP contribution in [0, 0.1) is 16.0 Å². The lowest BCUT2D eigenvalue weighted by Crippen LogP contribution is -2.40. The summed E-state index contributed by atoms with van der Waals surface area (Å²) >= 11 is 0. The largest absolute Gasteiger partial charge is 0.339 e. The van der Waals surface area contributed by atoms with Crippen LogP contribution in [0.2, 0.25) is 0 Å². The summed E-state index contributed by atoms with van der Waals surface area (Å²) in [6.07, 6.45) is 6.60. The van der Waals surface area contributed by atoms with E-state index in [0.717, 1.165) is 25.9 Å². The predicted molar refractivity (Wildman–Crippen MR) is 97.4 cm³/mol. The van der Waals surface area contributed by atoms with Gasteiger partial charge in [0, 0.05) is 37.1 Å². The second-order valence-corrected chi connectivity index (χ2v) is 6.47. The van der Waals surface area contributed by atoms with Gasteiger partial charge in [-0.2, -0.15) is 0 Å². The van der Waals surface area contributed by atoms with E-state index in [1.54, 1.807) is 34.0 Å². The average molecular weight is 357 g/mol. The number of hydrogen-bond acceptors (Lipinski definition) is 5. The van der Waals surface area contributed by atoms with Gasteiger partial charge in [0.25, 0.3) is 11.6 Å². The number of likely N-dealkylation sites (tertiary alicyclic amines) is 1. The molecule has 1 fully saturated rings. The maximum absolute atomic E-state index is 12.8. The lowest BCUT2D eigenvalue weighted by Gasteiger charge is -2.32. The lowest BCUT2D eigenvalue weighted by molar-refractivity contribution is -0.384. The Hall–Kier alpha value is -2.74. The fourth-order valence-corrected chi connectivity index (χ4v) is 3.29. The van der Waals surface area contributed by atoms with Crippen molar-refractivity contribution >= 4 is 11.6 Å². The molecule has 2 heterocycles. The molecule has 0 unspecified atom stereocenters. The minimum Gasteiger partial charge on any atom is -0.339 e. The second kappa shape index (κ2) is 8.09. The van der Waals surface area contributed by atoms with E-state index in [4.69, 9.17) is 0 Å². The van der Waals surface area contributed by atoms with Crippen molar-refractivity contribution in [2.24, 2.45) is 5.92 Å². The number of rotatable bonds is 6. The van der Waals surface area contributed by atoms with Crippen molar-refractivity contribution in [3.8, 4) is 5.69 Å². The number of carbonyl (C=O) groups excluding carboxylic acids is 1. The summed E-state index contributed by atoms with van der Waals surface area (Å²) in [5.41, 5.74) is 0.648. The van der Waals surface area contributed by atoms with Gasteiger partial charge in [-0.1, -0.05) is 6.92 Å². The van der Waals surface area contributed by atoms with Crippen LogP contribution in [-0.2, 0) is 0 Å². The number of piperidine rings is 1. The van der Waals surface area contributed by atoms with Crippen LogP contribution in [-0.4, -0.2) is 51.5 Å². The SMILES string of the molecule is CCNCC1CCN(C(=O)c2ccc(-n3ccnc3)c([N+](=O)[O-])c2)CC1. The molecule has 0 atom stereocenters. The highest BCUT2D eigenvalue weighted by molar-refractivity contribution is 5.95. The minimum atomic E-state index is -0.464. The highest BCUT2D eigenvalue weighted by Gasteiger charge is 2.25. The number of nitrogens with one attached hydrogen (secondary N) is 1. The van der Waals surface area contributed by atoms with Gasteiger partial charge in [0.15, 0.2) is 0 Å². The third kappa shape index (κ3) is 3.91. The van der Waals surface area contributed by atoms with E-state index in [1.165, 1.54) is 12.4 Å². The molecule has 8 heteroatoms. The number of carbonyl (C=O) groups is 1. The van der Waals surface area contributed by atoms with Crippen molar-refractivity contribution in [3.05, 3.63) is 52.6 Å². The molecule has 26 heavy (non-hydrogen) atoms. The van der Waals surface area contributed by atoms with Crippen LogP contribution in [0.15, 0.2) is 36.9 Å². The molecule has 1 aromatic carbocycles. The van der Waals surface area contributed by atoms with E-state index in [-0.39, 0.29) is 11.6 Å². The first kappa shape index (κ1) is 18.1. The number of hydrogen-bond donors (Lipinski definition) is 1. The lowest BCUT2D eigenvalue weighted by atomic mass is 9.96. The van der Waals surface area contributed by atoms with Gasteiger partial charge in [0.2, 0.25) is 0 Å². The van der Waals surface area contributed by atoms with Gasteiger partial charge in [-0.25, -0.2) is 4.98 Å². The van der Waals surface area contributed by atoms with Crippen molar-refractivity contribution in [1.29, 1.82) is 0 Å². The van der Waals surface area contributed by atoms with Crippen LogP contribution >= 0.6 is 0 Å². The van der Waals surface area contributed by atoms with Gasteiger partial charge in [-0.15, -0.1) is 0 Å². The number of nitrogens with zero attached hydrogens (tertiary/aromatic N) is 4. The Kier molecular flexibility index (Phi) is 5.62. The van der Waals surface area contributed by atoms with Gasteiger partial charge < -0.3 is 14.8 Å². The Morgan fingerprint density at radius 1 is 1.38 bits per heavy atom. The standard InChI is InChI=1S/C18H23N5O3/c1-2-19-12-14-5-8-21(9-6-14)18(24)15-3-4-16(17(11-15)23(25)26)22-10-7-20-13-22/h3-4,7,10-11,13-14,19H,2,5-6,8-9,12H2,1H3. The van der Waals surface area contributed by atoms with E-state index >= 15 is 0 Å². The Labute approximate surface area is 152 Å². The van der Waals surface area contributed by atoms with Crippen LogP contribution in [0.4, 0.5) is 5.69 Å². The van der Waals surface area contributed by atoms with E-state index in [1.807, 2.05) is 0 Å². The third-order valence-electron chi connectivity index (χ3n) is 4.79. The maximum Gasteiger partial charge on any atom is 0.294 e. The molecule has 1 amide bonds. The molecule has 1 aromatic heterocycles. The summed E-state index contributed by atoms with van der Waals surface area (Å²) in [4.78, 5) is 29.5. The van der Waals surface area contributed by atoms with E-state index < -0.39 is 4.92 Å². The van der Waals surface area contributed by atoms with Gasteiger partial charge in [-0.05, 0) is 44.0 Å². The van der Waals surface area contributed by atoms with Crippen molar-refractivity contribution in [2.45, 2.75) is 19.8 Å². The minimum absolute atomic E-state index is 0.101. The van der Waals surface area contributed by atoms with Gasteiger partial charge in [0.05, 0.1) is 11.3 Å². The summed E-state index contributed by atoms with van der Waals surface area (Å²) in [6.45, 7) is 5.38. The first-order chi connectivity index (χ1) is 12.6. The predicted octanol–water partition coefficient (Wildman–Crippen LogP) is 2.24. The summed E-state index contributed by atoms with van der Waals surface area (Å²) in [5.74, 6) is 0.434. The Morgan fingerprint density at radius 3 is 2.77 bits per heavy atom.